The summed E-state index contributed by atoms with van der Waals surface area (Å²) in [5.41, 5.74) is 8.27. The van der Waals surface area contributed by atoms with E-state index in [1.54, 1.807) is 31.5 Å². The standard InChI is InChI=1S/C14H14N4O/c1-9-6-11(16)8-17-14(9)18-13-10(7-15)4-3-5-12(13)19-2/h3-6,8H,16H2,1-2H3,(H,17,18). The van der Waals surface area contributed by atoms with Crippen molar-refractivity contribution in [3.8, 4) is 11.8 Å². The molecule has 19 heavy (non-hydrogen) atoms. The van der Waals surface area contributed by atoms with Crippen LogP contribution in [0.1, 0.15) is 11.1 Å². The summed E-state index contributed by atoms with van der Waals surface area (Å²) >= 11 is 0. The van der Waals surface area contributed by atoms with E-state index in [1.807, 2.05) is 13.0 Å². The van der Waals surface area contributed by atoms with Gasteiger partial charge in [-0.05, 0) is 30.7 Å². The molecular formula is C14H14N4O. The van der Waals surface area contributed by atoms with Crippen LogP contribution in [-0.4, -0.2) is 12.1 Å². The number of nitrogen functional groups attached to an aromatic ring is 1. The molecule has 0 atom stereocenters. The summed E-state index contributed by atoms with van der Waals surface area (Å²) in [5.74, 6) is 1.24. The second-order valence-electron chi connectivity index (χ2n) is 4.05. The second-order valence-corrected chi connectivity index (χ2v) is 4.05. The molecule has 0 spiro atoms. The third kappa shape index (κ3) is 2.58. The SMILES string of the molecule is COc1cccc(C#N)c1Nc1ncc(N)cc1C. The Balaban J connectivity index is 2.46. The van der Waals surface area contributed by atoms with Gasteiger partial charge in [0.2, 0.25) is 0 Å². The highest BCUT2D eigenvalue weighted by Gasteiger charge is 2.11. The molecule has 1 aromatic carbocycles. The van der Waals surface area contributed by atoms with Gasteiger partial charge in [0.25, 0.3) is 0 Å². The van der Waals surface area contributed by atoms with Crippen LogP contribution in [0.4, 0.5) is 17.2 Å². The van der Waals surface area contributed by atoms with Crippen molar-refractivity contribution < 1.29 is 4.74 Å². The van der Waals surface area contributed by atoms with E-state index in [0.29, 0.717) is 28.5 Å². The highest BCUT2D eigenvalue weighted by atomic mass is 16.5. The fourth-order valence-corrected chi connectivity index (χ4v) is 1.77. The Morgan fingerprint density at radius 1 is 1.42 bits per heavy atom. The highest BCUT2D eigenvalue weighted by molar-refractivity contribution is 5.73. The van der Waals surface area contributed by atoms with Gasteiger partial charge in [-0.2, -0.15) is 5.26 Å². The minimum absolute atomic E-state index is 0.498. The van der Waals surface area contributed by atoms with E-state index in [4.69, 9.17) is 15.7 Å². The van der Waals surface area contributed by atoms with Crippen LogP contribution in [0, 0.1) is 18.3 Å². The van der Waals surface area contributed by atoms with E-state index in [0.717, 1.165) is 5.56 Å². The van der Waals surface area contributed by atoms with E-state index < -0.39 is 0 Å². The Labute approximate surface area is 111 Å². The smallest absolute Gasteiger partial charge is 0.143 e. The number of benzene rings is 1. The van der Waals surface area contributed by atoms with Gasteiger partial charge in [-0.15, -0.1) is 0 Å². The molecule has 0 amide bonds. The molecule has 0 fully saturated rings. The fraction of sp³-hybridized carbons (Fsp3) is 0.143. The molecule has 5 nitrogen and oxygen atoms in total. The predicted molar refractivity (Wildman–Crippen MR) is 74.4 cm³/mol. The van der Waals surface area contributed by atoms with E-state index in [-0.39, 0.29) is 0 Å². The van der Waals surface area contributed by atoms with Gasteiger partial charge < -0.3 is 15.8 Å². The molecule has 3 N–H and O–H groups in total. The molecule has 2 rings (SSSR count). The normalized spacial score (nSPS) is 9.74. The largest absolute Gasteiger partial charge is 0.495 e. The number of pyridine rings is 1. The molecule has 1 aromatic heterocycles. The molecule has 0 aliphatic rings. The lowest BCUT2D eigenvalue weighted by Gasteiger charge is -2.13. The molecule has 1 heterocycles. The van der Waals surface area contributed by atoms with Gasteiger partial charge in [0.05, 0.1) is 24.6 Å². The average Bonchev–Trinajstić information content (AvgIpc) is 2.42. The van der Waals surface area contributed by atoms with Gasteiger partial charge >= 0.3 is 0 Å². The maximum Gasteiger partial charge on any atom is 0.143 e. The van der Waals surface area contributed by atoms with Crippen molar-refractivity contribution >= 4 is 17.2 Å². The van der Waals surface area contributed by atoms with E-state index in [2.05, 4.69) is 16.4 Å². The number of hydrogen-bond acceptors (Lipinski definition) is 5. The van der Waals surface area contributed by atoms with Crippen LogP contribution >= 0.6 is 0 Å². The molecule has 0 bridgehead atoms. The van der Waals surface area contributed by atoms with Crippen LogP contribution in [0.15, 0.2) is 30.5 Å². The van der Waals surface area contributed by atoms with Crippen molar-refractivity contribution in [1.29, 1.82) is 5.26 Å². The molecule has 0 aliphatic heterocycles. The van der Waals surface area contributed by atoms with Gasteiger partial charge in [0, 0.05) is 0 Å². The quantitative estimate of drug-likeness (QED) is 0.879. The first kappa shape index (κ1) is 12.7. The number of nitrogens with two attached hydrogens (primary N) is 1. The summed E-state index contributed by atoms with van der Waals surface area (Å²) < 4.78 is 5.26. The summed E-state index contributed by atoms with van der Waals surface area (Å²) in [6.07, 6.45) is 1.57. The molecule has 2 aromatic rings. The van der Waals surface area contributed by atoms with Crippen LogP contribution in [-0.2, 0) is 0 Å². The monoisotopic (exact) mass is 254 g/mol. The lowest BCUT2D eigenvalue weighted by molar-refractivity contribution is 0.416. The molecule has 0 saturated heterocycles. The van der Waals surface area contributed by atoms with Crippen molar-refractivity contribution in [1.82, 2.24) is 4.98 Å². The molecule has 96 valence electrons. The third-order valence-corrected chi connectivity index (χ3v) is 2.71. The second kappa shape index (κ2) is 5.27. The summed E-state index contributed by atoms with van der Waals surface area (Å²) in [6, 6.07) is 9.22. The first-order valence-electron chi connectivity index (χ1n) is 5.72. The molecule has 0 radical (unpaired) electrons. The van der Waals surface area contributed by atoms with Crippen LogP contribution in [0.5, 0.6) is 5.75 Å². The summed E-state index contributed by atoms with van der Waals surface area (Å²) in [4.78, 5) is 4.22. The molecule has 0 saturated carbocycles. The van der Waals surface area contributed by atoms with Crippen LogP contribution in [0.25, 0.3) is 0 Å². The minimum Gasteiger partial charge on any atom is -0.495 e. The predicted octanol–water partition coefficient (Wildman–Crippen LogP) is 2.60. The molecular weight excluding hydrogens is 240 g/mol. The average molecular weight is 254 g/mol. The zero-order chi connectivity index (χ0) is 13.8. The van der Waals surface area contributed by atoms with E-state index in [9.17, 15) is 0 Å². The van der Waals surface area contributed by atoms with Crippen LogP contribution in [0.3, 0.4) is 0 Å². The maximum absolute atomic E-state index is 9.14. The topological polar surface area (TPSA) is 84.0 Å². The molecule has 0 unspecified atom stereocenters. The summed E-state index contributed by atoms with van der Waals surface area (Å²) in [7, 11) is 1.56. The third-order valence-electron chi connectivity index (χ3n) is 2.71. The highest BCUT2D eigenvalue weighted by Crippen LogP contribution is 2.31. The number of aryl methyl sites for hydroxylation is 1. The zero-order valence-corrected chi connectivity index (χ0v) is 10.8. The Morgan fingerprint density at radius 3 is 2.84 bits per heavy atom. The Morgan fingerprint density at radius 2 is 2.21 bits per heavy atom. The fourth-order valence-electron chi connectivity index (χ4n) is 1.77. The number of aromatic nitrogens is 1. The van der Waals surface area contributed by atoms with Crippen molar-refractivity contribution in [3.63, 3.8) is 0 Å². The number of hydrogen-bond donors (Lipinski definition) is 2. The first-order chi connectivity index (χ1) is 9.15. The zero-order valence-electron chi connectivity index (χ0n) is 10.8. The van der Waals surface area contributed by atoms with Crippen LogP contribution in [0.2, 0.25) is 0 Å². The van der Waals surface area contributed by atoms with Crippen molar-refractivity contribution in [2.24, 2.45) is 0 Å². The van der Waals surface area contributed by atoms with Gasteiger partial charge in [0.1, 0.15) is 23.3 Å². The lowest BCUT2D eigenvalue weighted by atomic mass is 10.1. The van der Waals surface area contributed by atoms with Gasteiger partial charge in [-0.25, -0.2) is 4.98 Å². The van der Waals surface area contributed by atoms with Gasteiger partial charge in [-0.3, -0.25) is 0 Å². The number of ether oxygens (including phenoxy) is 1. The molecule has 0 aliphatic carbocycles. The Kier molecular flexibility index (Phi) is 3.53. The first-order valence-corrected chi connectivity index (χ1v) is 5.72. The number of para-hydroxylation sites is 1. The van der Waals surface area contributed by atoms with E-state index in [1.165, 1.54) is 0 Å². The van der Waals surface area contributed by atoms with Gasteiger partial charge in [-0.1, -0.05) is 6.07 Å². The Hall–Kier alpha value is -2.74. The lowest BCUT2D eigenvalue weighted by Crippen LogP contribution is -2.01. The van der Waals surface area contributed by atoms with Crippen molar-refractivity contribution in [2.75, 3.05) is 18.2 Å². The number of rotatable bonds is 3. The van der Waals surface area contributed by atoms with Crippen LogP contribution < -0.4 is 15.8 Å². The number of methoxy groups -OCH3 is 1. The van der Waals surface area contributed by atoms with Crippen molar-refractivity contribution in [2.45, 2.75) is 6.92 Å². The van der Waals surface area contributed by atoms with Gasteiger partial charge in [0.15, 0.2) is 0 Å². The van der Waals surface area contributed by atoms with E-state index >= 15 is 0 Å². The summed E-state index contributed by atoms with van der Waals surface area (Å²) in [6.45, 7) is 1.90. The van der Waals surface area contributed by atoms with Crippen molar-refractivity contribution in [3.05, 3.63) is 41.6 Å². The maximum atomic E-state index is 9.14. The number of nitrogens with zero attached hydrogens (tertiary/aromatic N) is 2. The number of nitrogens with one attached hydrogen (secondary N) is 1. The minimum atomic E-state index is 0.498. The number of nitriles is 1. The molecule has 5 heteroatoms. The Bertz CT molecular complexity index is 646. The number of anilines is 3. The summed E-state index contributed by atoms with van der Waals surface area (Å²) in [5, 5.41) is 12.3.